The molecule has 4 heteroatoms. The van der Waals surface area contributed by atoms with Crippen LogP contribution in [0.1, 0.15) is 23.7 Å². The second-order valence-electron chi connectivity index (χ2n) is 4.75. The first-order valence-electron chi connectivity index (χ1n) is 6.65. The Morgan fingerprint density at radius 3 is 2.53 bits per heavy atom. The van der Waals surface area contributed by atoms with E-state index in [0.29, 0.717) is 6.54 Å². The third kappa shape index (κ3) is 2.36. The summed E-state index contributed by atoms with van der Waals surface area (Å²) in [6.45, 7) is 7.68. The molecule has 0 aliphatic heterocycles. The monoisotopic (exact) mass is 258 g/mol. The summed E-state index contributed by atoms with van der Waals surface area (Å²) < 4.78 is 1.92. The molecule has 0 fully saturated rings. The van der Waals surface area contributed by atoms with Crippen LogP contribution in [-0.4, -0.2) is 16.3 Å². The van der Waals surface area contributed by atoms with E-state index < -0.39 is 0 Å². The largest absolute Gasteiger partial charge is 0.326 e. The molecule has 1 heterocycles. The van der Waals surface area contributed by atoms with Crippen molar-refractivity contribution in [2.75, 3.05) is 11.4 Å². The highest BCUT2D eigenvalue weighted by atomic mass is 15.4. The lowest BCUT2D eigenvalue weighted by Gasteiger charge is -2.26. The Kier molecular flexibility index (Phi) is 3.90. The van der Waals surface area contributed by atoms with Crippen molar-refractivity contribution in [3.8, 4) is 0 Å². The Balaban J connectivity index is 2.58. The molecule has 0 saturated heterocycles. The molecule has 0 spiro atoms. The van der Waals surface area contributed by atoms with E-state index >= 15 is 0 Å². The van der Waals surface area contributed by atoms with Crippen LogP contribution in [-0.2, 0) is 13.6 Å². The van der Waals surface area contributed by atoms with Gasteiger partial charge < -0.3 is 10.6 Å². The number of para-hydroxylation sites is 1. The smallest absolute Gasteiger partial charge is 0.135 e. The van der Waals surface area contributed by atoms with Crippen LogP contribution >= 0.6 is 0 Å². The van der Waals surface area contributed by atoms with Crippen molar-refractivity contribution < 1.29 is 0 Å². The minimum Gasteiger partial charge on any atom is -0.326 e. The molecule has 1 aromatic heterocycles. The quantitative estimate of drug-likeness (QED) is 0.917. The molecule has 0 aliphatic rings. The first kappa shape index (κ1) is 13.6. The second-order valence-corrected chi connectivity index (χ2v) is 4.75. The number of nitrogens with two attached hydrogens (primary N) is 1. The Labute approximate surface area is 114 Å². The molecule has 2 aromatic rings. The van der Waals surface area contributed by atoms with Crippen molar-refractivity contribution in [1.29, 1.82) is 0 Å². The molecular weight excluding hydrogens is 236 g/mol. The van der Waals surface area contributed by atoms with E-state index in [9.17, 15) is 0 Å². The van der Waals surface area contributed by atoms with Gasteiger partial charge in [-0.15, -0.1) is 0 Å². The van der Waals surface area contributed by atoms with Crippen molar-refractivity contribution in [3.05, 3.63) is 41.1 Å². The van der Waals surface area contributed by atoms with Gasteiger partial charge in [-0.1, -0.05) is 18.2 Å². The van der Waals surface area contributed by atoms with Crippen molar-refractivity contribution in [2.24, 2.45) is 12.8 Å². The SMILES string of the molecule is CCN(c1ccccc1C)c1c(CN)c(C)nn1C. The van der Waals surface area contributed by atoms with Crippen LogP contribution in [0.3, 0.4) is 0 Å². The summed E-state index contributed by atoms with van der Waals surface area (Å²) >= 11 is 0. The standard InChI is InChI=1S/C15H22N4/c1-5-19(14-9-7-6-8-11(14)2)15-13(10-16)12(3)17-18(15)4/h6-9H,5,10,16H2,1-4H3. The summed E-state index contributed by atoms with van der Waals surface area (Å²) in [7, 11) is 1.97. The normalized spacial score (nSPS) is 10.8. The summed E-state index contributed by atoms with van der Waals surface area (Å²) in [5.41, 5.74) is 10.5. The van der Waals surface area contributed by atoms with Gasteiger partial charge in [-0.05, 0) is 32.4 Å². The fraction of sp³-hybridized carbons (Fsp3) is 0.400. The molecule has 19 heavy (non-hydrogen) atoms. The minimum absolute atomic E-state index is 0.511. The van der Waals surface area contributed by atoms with Gasteiger partial charge in [0, 0.05) is 31.4 Å². The molecule has 0 radical (unpaired) electrons. The van der Waals surface area contributed by atoms with E-state index in [4.69, 9.17) is 5.73 Å². The predicted molar refractivity (Wildman–Crippen MR) is 79.7 cm³/mol. The molecule has 0 atom stereocenters. The van der Waals surface area contributed by atoms with E-state index in [1.54, 1.807) is 0 Å². The summed E-state index contributed by atoms with van der Waals surface area (Å²) in [5.74, 6) is 1.09. The van der Waals surface area contributed by atoms with Gasteiger partial charge in [-0.3, -0.25) is 4.68 Å². The van der Waals surface area contributed by atoms with Gasteiger partial charge in [0.25, 0.3) is 0 Å². The summed E-state index contributed by atoms with van der Waals surface area (Å²) in [4.78, 5) is 2.28. The number of hydrogen-bond acceptors (Lipinski definition) is 3. The van der Waals surface area contributed by atoms with Crippen LogP contribution in [0.2, 0.25) is 0 Å². The Morgan fingerprint density at radius 2 is 1.95 bits per heavy atom. The van der Waals surface area contributed by atoms with Crippen LogP contribution < -0.4 is 10.6 Å². The van der Waals surface area contributed by atoms with E-state index in [1.807, 2.05) is 18.7 Å². The van der Waals surface area contributed by atoms with Gasteiger partial charge in [0.2, 0.25) is 0 Å². The zero-order chi connectivity index (χ0) is 14.0. The van der Waals surface area contributed by atoms with E-state index in [0.717, 1.165) is 23.6 Å². The number of anilines is 2. The summed E-state index contributed by atoms with van der Waals surface area (Å²) in [6, 6.07) is 8.39. The predicted octanol–water partition coefficient (Wildman–Crippen LogP) is 2.65. The summed E-state index contributed by atoms with van der Waals surface area (Å²) in [5, 5.41) is 4.50. The van der Waals surface area contributed by atoms with Gasteiger partial charge >= 0.3 is 0 Å². The van der Waals surface area contributed by atoms with Crippen LogP contribution in [0.25, 0.3) is 0 Å². The second kappa shape index (κ2) is 5.45. The molecule has 0 amide bonds. The molecule has 1 aromatic carbocycles. The fourth-order valence-corrected chi connectivity index (χ4v) is 2.57. The molecule has 0 unspecified atom stereocenters. The zero-order valence-electron chi connectivity index (χ0n) is 12.1. The van der Waals surface area contributed by atoms with Crippen LogP contribution in [0.5, 0.6) is 0 Å². The molecule has 0 aliphatic carbocycles. The molecule has 102 valence electrons. The van der Waals surface area contributed by atoms with Gasteiger partial charge in [0.1, 0.15) is 5.82 Å². The molecule has 4 nitrogen and oxygen atoms in total. The van der Waals surface area contributed by atoms with E-state index in [2.05, 4.69) is 48.1 Å². The molecule has 2 rings (SSSR count). The van der Waals surface area contributed by atoms with Crippen molar-refractivity contribution in [3.63, 3.8) is 0 Å². The number of nitrogens with zero attached hydrogens (tertiary/aromatic N) is 3. The lowest BCUT2D eigenvalue weighted by atomic mass is 10.1. The lowest BCUT2D eigenvalue weighted by Crippen LogP contribution is -2.22. The molecule has 0 bridgehead atoms. The number of aromatic nitrogens is 2. The zero-order valence-corrected chi connectivity index (χ0v) is 12.1. The van der Waals surface area contributed by atoms with Crippen LogP contribution in [0.15, 0.2) is 24.3 Å². The number of hydrogen-bond donors (Lipinski definition) is 1. The molecule has 2 N–H and O–H groups in total. The van der Waals surface area contributed by atoms with Crippen molar-refractivity contribution >= 4 is 11.5 Å². The number of benzene rings is 1. The van der Waals surface area contributed by atoms with Gasteiger partial charge in [0.05, 0.1) is 5.69 Å². The van der Waals surface area contributed by atoms with E-state index in [-0.39, 0.29) is 0 Å². The third-order valence-electron chi connectivity index (χ3n) is 3.50. The number of rotatable bonds is 4. The first-order chi connectivity index (χ1) is 9.10. The summed E-state index contributed by atoms with van der Waals surface area (Å²) in [6.07, 6.45) is 0. The maximum Gasteiger partial charge on any atom is 0.135 e. The third-order valence-corrected chi connectivity index (χ3v) is 3.50. The van der Waals surface area contributed by atoms with Gasteiger partial charge in [-0.2, -0.15) is 5.10 Å². The Bertz CT molecular complexity index is 572. The first-order valence-corrected chi connectivity index (χ1v) is 6.65. The maximum atomic E-state index is 5.89. The highest BCUT2D eigenvalue weighted by molar-refractivity contribution is 5.67. The van der Waals surface area contributed by atoms with Crippen LogP contribution in [0.4, 0.5) is 11.5 Å². The van der Waals surface area contributed by atoms with Crippen molar-refractivity contribution in [2.45, 2.75) is 27.3 Å². The van der Waals surface area contributed by atoms with Gasteiger partial charge in [0.15, 0.2) is 0 Å². The van der Waals surface area contributed by atoms with Crippen LogP contribution in [0, 0.1) is 13.8 Å². The molecule has 0 saturated carbocycles. The average Bonchev–Trinajstić information content (AvgIpc) is 2.67. The highest BCUT2D eigenvalue weighted by Crippen LogP contribution is 2.31. The Hall–Kier alpha value is -1.81. The number of aryl methyl sites for hydroxylation is 3. The topological polar surface area (TPSA) is 47.1 Å². The lowest BCUT2D eigenvalue weighted by molar-refractivity contribution is 0.741. The fourth-order valence-electron chi connectivity index (χ4n) is 2.57. The van der Waals surface area contributed by atoms with Gasteiger partial charge in [-0.25, -0.2) is 0 Å². The van der Waals surface area contributed by atoms with Crippen molar-refractivity contribution in [1.82, 2.24) is 9.78 Å². The van der Waals surface area contributed by atoms with E-state index in [1.165, 1.54) is 11.3 Å². The maximum absolute atomic E-state index is 5.89. The minimum atomic E-state index is 0.511. The highest BCUT2D eigenvalue weighted by Gasteiger charge is 2.19. The average molecular weight is 258 g/mol. The Morgan fingerprint density at radius 1 is 1.26 bits per heavy atom. The molecular formula is C15H22N4.